The lowest BCUT2D eigenvalue weighted by molar-refractivity contribution is 0.259. The topological polar surface area (TPSA) is 12.0 Å². The zero-order valence-electron chi connectivity index (χ0n) is 12.5. The van der Waals surface area contributed by atoms with Gasteiger partial charge in [0.25, 0.3) is 0 Å². The van der Waals surface area contributed by atoms with E-state index < -0.39 is 0 Å². The Morgan fingerprint density at radius 2 is 1.61 bits per heavy atom. The van der Waals surface area contributed by atoms with Crippen molar-refractivity contribution < 1.29 is 0 Å². The highest BCUT2D eigenvalue weighted by molar-refractivity contribution is 5.27. The van der Waals surface area contributed by atoms with E-state index >= 15 is 0 Å². The lowest BCUT2D eigenvalue weighted by Crippen LogP contribution is -2.48. The number of hydrogen-bond donors (Lipinski definition) is 1. The van der Waals surface area contributed by atoms with Crippen molar-refractivity contribution in [2.75, 3.05) is 6.54 Å². The van der Waals surface area contributed by atoms with Crippen LogP contribution in [0.3, 0.4) is 0 Å². The number of rotatable bonds is 8. The number of hydrogen-bond acceptors (Lipinski definition) is 1. The molecule has 1 aromatic carbocycles. The molecule has 1 rings (SSSR count). The fraction of sp³-hybridized carbons (Fsp3) is 0.647. The average molecular weight is 247 g/mol. The lowest BCUT2D eigenvalue weighted by atomic mass is 9.69. The molecule has 0 aliphatic rings. The van der Waals surface area contributed by atoms with Crippen molar-refractivity contribution in [3.05, 3.63) is 35.9 Å². The van der Waals surface area contributed by atoms with Gasteiger partial charge in [-0.05, 0) is 31.4 Å². The van der Waals surface area contributed by atoms with E-state index in [1.165, 1.54) is 31.2 Å². The molecule has 1 atom stereocenters. The Balaban J connectivity index is 3.11. The highest BCUT2D eigenvalue weighted by Gasteiger charge is 2.36. The Kier molecular flexibility index (Phi) is 6.42. The third kappa shape index (κ3) is 3.14. The van der Waals surface area contributed by atoms with E-state index in [1.807, 2.05) is 0 Å². The maximum absolute atomic E-state index is 3.72. The molecule has 0 aromatic heterocycles. The summed E-state index contributed by atoms with van der Waals surface area (Å²) in [7, 11) is 0. The van der Waals surface area contributed by atoms with Crippen molar-refractivity contribution in [2.24, 2.45) is 0 Å². The van der Waals surface area contributed by atoms with Crippen LogP contribution in [0.5, 0.6) is 0 Å². The summed E-state index contributed by atoms with van der Waals surface area (Å²) in [5.41, 5.74) is 1.78. The average Bonchev–Trinajstić information content (AvgIpc) is 2.42. The van der Waals surface area contributed by atoms with Crippen LogP contribution < -0.4 is 5.32 Å². The van der Waals surface area contributed by atoms with Gasteiger partial charge in [0.15, 0.2) is 0 Å². The third-order valence-electron chi connectivity index (χ3n) is 4.31. The molecule has 0 radical (unpaired) electrons. The predicted octanol–water partition coefficient (Wildman–Crippen LogP) is 4.52. The zero-order chi connectivity index (χ0) is 13.4. The second kappa shape index (κ2) is 7.58. The third-order valence-corrected chi connectivity index (χ3v) is 4.31. The zero-order valence-corrected chi connectivity index (χ0v) is 12.5. The first-order chi connectivity index (χ1) is 8.75. The molecule has 0 bridgehead atoms. The van der Waals surface area contributed by atoms with E-state index in [1.54, 1.807) is 0 Å². The van der Waals surface area contributed by atoms with Crippen molar-refractivity contribution in [2.45, 2.75) is 64.8 Å². The molecule has 1 unspecified atom stereocenters. The van der Waals surface area contributed by atoms with Gasteiger partial charge in [-0.3, -0.25) is 0 Å². The van der Waals surface area contributed by atoms with E-state index in [0.717, 1.165) is 6.54 Å². The van der Waals surface area contributed by atoms with Gasteiger partial charge in [0, 0.05) is 11.5 Å². The molecule has 1 nitrogen and oxygen atoms in total. The minimum absolute atomic E-state index is 0.285. The molecular weight excluding hydrogens is 218 g/mol. The summed E-state index contributed by atoms with van der Waals surface area (Å²) in [6.07, 6.45) is 4.90. The molecule has 1 heteroatoms. The Hall–Kier alpha value is -0.820. The van der Waals surface area contributed by atoms with E-state index in [4.69, 9.17) is 0 Å². The van der Waals surface area contributed by atoms with Crippen LogP contribution in [-0.2, 0) is 5.41 Å². The van der Waals surface area contributed by atoms with Gasteiger partial charge in [0.1, 0.15) is 0 Å². The summed E-state index contributed by atoms with van der Waals surface area (Å²) in [6, 6.07) is 11.6. The van der Waals surface area contributed by atoms with E-state index in [9.17, 15) is 0 Å². The van der Waals surface area contributed by atoms with Gasteiger partial charge < -0.3 is 5.32 Å². The van der Waals surface area contributed by atoms with Gasteiger partial charge in [0.2, 0.25) is 0 Å². The maximum atomic E-state index is 3.72. The Bertz CT molecular complexity index is 308. The van der Waals surface area contributed by atoms with Gasteiger partial charge in [0.05, 0.1) is 0 Å². The monoisotopic (exact) mass is 247 g/mol. The van der Waals surface area contributed by atoms with Crippen LogP contribution in [0.4, 0.5) is 0 Å². The van der Waals surface area contributed by atoms with Crippen molar-refractivity contribution >= 4 is 0 Å². The minimum Gasteiger partial charge on any atom is -0.313 e. The molecule has 0 amide bonds. The fourth-order valence-corrected chi connectivity index (χ4v) is 3.23. The SMILES string of the molecule is CCCC(NCC)C(CC)(CC)c1ccccc1. The first kappa shape index (κ1) is 15.2. The fourth-order valence-electron chi connectivity index (χ4n) is 3.23. The van der Waals surface area contributed by atoms with Gasteiger partial charge >= 0.3 is 0 Å². The van der Waals surface area contributed by atoms with Gasteiger partial charge in [-0.15, -0.1) is 0 Å². The van der Waals surface area contributed by atoms with E-state index in [2.05, 4.69) is 63.3 Å². The quantitative estimate of drug-likeness (QED) is 0.712. The van der Waals surface area contributed by atoms with Crippen LogP contribution in [0.1, 0.15) is 58.9 Å². The Morgan fingerprint density at radius 1 is 1.00 bits per heavy atom. The minimum atomic E-state index is 0.285. The van der Waals surface area contributed by atoms with Crippen LogP contribution in [0, 0.1) is 0 Å². The first-order valence-corrected chi connectivity index (χ1v) is 7.54. The highest BCUT2D eigenvalue weighted by Crippen LogP contribution is 2.37. The summed E-state index contributed by atoms with van der Waals surface area (Å²) in [5.74, 6) is 0. The second-order valence-corrected chi connectivity index (χ2v) is 5.13. The summed E-state index contributed by atoms with van der Waals surface area (Å²) in [6.45, 7) is 10.2. The lowest BCUT2D eigenvalue weighted by Gasteiger charge is -2.41. The molecule has 1 aromatic rings. The van der Waals surface area contributed by atoms with Gasteiger partial charge in [-0.25, -0.2) is 0 Å². The first-order valence-electron chi connectivity index (χ1n) is 7.54. The normalized spacial score (nSPS) is 13.6. The van der Waals surface area contributed by atoms with Crippen LogP contribution >= 0.6 is 0 Å². The summed E-state index contributed by atoms with van der Waals surface area (Å²) in [5, 5.41) is 3.72. The summed E-state index contributed by atoms with van der Waals surface area (Å²) < 4.78 is 0. The van der Waals surface area contributed by atoms with Gasteiger partial charge in [-0.1, -0.05) is 64.4 Å². The largest absolute Gasteiger partial charge is 0.313 e. The Morgan fingerprint density at radius 3 is 2.06 bits per heavy atom. The molecule has 18 heavy (non-hydrogen) atoms. The molecule has 0 fully saturated rings. The molecule has 0 heterocycles. The molecule has 0 aliphatic carbocycles. The highest BCUT2D eigenvalue weighted by atomic mass is 14.9. The molecule has 0 saturated carbocycles. The van der Waals surface area contributed by atoms with Crippen LogP contribution in [0.2, 0.25) is 0 Å². The smallest absolute Gasteiger partial charge is 0.0164 e. The van der Waals surface area contributed by atoms with Crippen molar-refractivity contribution in [3.8, 4) is 0 Å². The number of benzene rings is 1. The van der Waals surface area contributed by atoms with E-state index in [-0.39, 0.29) is 5.41 Å². The standard InChI is InChI=1S/C17H29N/c1-5-12-16(18-8-4)17(6-2,7-3)15-13-10-9-11-14-15/h9-11,13-14,16,18H,5-8,12H2,1-4H3. The van der Waals surface area contributed by atoms with Crippen molar-refractivity contribution in [1.82, 2.24) is 5.32 Å². The molecule has 1 N–H and O–H groups in total. The van der Waals surface area contributed by atoms with Gasteiger partial charge in [-0.2, -0.15) is 0 Å². The second-order valence-electron chi connectivity index (χ2n) is 5.13. The maximum Gasteiger partial charge on any atom is 0.0164 e. The molecule has 0 spiro atoms. The summed E-state index contributed by atoms with van der Waals surface area (Å²) >= 11 is 0. The number of likely N-dealkylation sites (N-methyl/N-ethyl adjacent to an activating group) is 1. The van der Waals surface area contributed by atoms with Crippen LogP contribution in [0.25, 0.3) is 0 Å². The van der Waals surface area contributed by atoms with Crippen molar-refractivity contribution in [3.63, 3.8) is 0 Å². The molecule has 0 saturated heterocycles. The van der Waals surface area contributed by atoms with E-state index in [0.29, 0.717) is 6.04 Å². The van der Waals surface area contributed by atoms with Crippen molar-refractivity contribution in [1.29, 1.82) is 0 Å². The number of nitrogens with one attached hydrogen (secondary N) is 1. The Labute approximate surface area is 113 Å². The summed E-state index contributed by atoms with van der Waals surface area (Å²) in [4.78, 5) is 0. The molecule has 0 aliphatic heterocycles. The van der Waals surface area contributed by atoms with Crippen LogP contribution in [0.15, 0.2) is 30.3 Å². The predicted molar refractivity (Wildman–Crippen MR) is 81.1 cm³/mol. The van der Waals surface area contributed by atoms with Crippen LogP contribution in [-0.4, -0.2) is 12.6 Å². The molecular formula is C17H29N. The molecule has 102 valence electrons.